The number of amides is 1. The molecule has 0 unspecified atom stereocenters. The minimum atomic E-state index is -0.538. The quantitative estimate of drug-likeness (QED) is 0.173. The Morgan fingerprint density at radius 3 is 2.53 bits per heavy atom. The Morgan fingerprint density at radius 1 is 1.41 bits per heavy atom. The second-order valence-corrected chi connectivity index (χ2v) is 4.55. The van der Waals surface area contributed by atoms with Gasteiger partial charge >= 0.3 is 0 Å². The van der Waals surface area contributed by atoms with Crippen molar-refractivity contribution in [2.45, 2.75) is 33.6 Å². The summed E-state index contributed by atoms with van der Waals surface area (Å²) < 4.78 is 0. The average molecular weight is 243 g/mol. The van der Waals surface area contributed by atoms with E-state index in [1.807, 2.05) is 13.8 Å². The molecule has 0 aromatic carbocycles. The SMILES string of the molecule is CCCCNC(=NCC(C)(C)C(=O)NC)NN. The van der Waals surface area contributed by atoms with Gasteiger partial charge in [-0.25, -0.2) is 5.84 Å². The van der Waals surface area contributed by atoms with Crippen molar-refractivity contribution in [3.8, 4) is 0 Å². The van der Waals surface area contributed by atoms with E-state index in [0.29, 0.717) is 12.5 Å². The van der Waals surface area contributed by atoms with Crippen LogP contribution in [0.4, 0.5) is 0 Å². The van der Waals surface area contributed by atoms with Gasteiger partial charge < -0.3 is 10.6 Å². The second kappa shape index (κ2) is 7.89. The van der Waals surface area contributed by atoms with Gasteiger partial charge in [0, 0.05) is 13.6 Å². The van der Waals surface area contributed by atoms with Gasteiger partial charge in [0.2, 0.25) is 11.9 Å². The predicted octanol–water partition coefficient (Wildman–Crippen LogP) is -0.0324. The number of aliphatic imine (C=N–C) groups is 1. The first-order valence-corrected chi connectivity index (χ1v) is 5.95. The molecule has 0 fully saturated rings. The third-order valence-electron chi connectivity index (χ3n) is 2.43. The normalized spacial score (nSPS) is 12.2. The summed E-state index contributed by atoms with van der Waals surface area (Å²) in [6.45, 7) is 7.00. The van der Waals surface area contributed by atoms with E-state index in [0.717, 1.165) is 19.4 Å². The monoisotopic (exact) mass is 243 g/mol. The molecule has 0 atom stereocenters. The largest absolute Gasteiger partial charge is 0.359 e. The third-order valence-corrected chi connectivity index (χ3v) is 2.43. The molecule has 0 spiro atoms. The molecule has 0 aromatic heterocycles. The molecule has 0 rings (SSSR count). The Hall–Kier alpha value is -1.30. The van der Waals surface area contributed by atoms with E-state index in [9.17, 15) is 4.79 Å². The first-order chi connectivity index (χ1) is 7.97. The smallest absolute Gasteiger partial charge is 0.227 e. The molecule has 0 heterocycles. The highest BCUT2D eigenvalue weighted by Crippen LogP contribution is 2.14. The minimum Gasteiger partial charge on any atom is -0.359 e. The van der Waals surface area contributed by atoms with Gasteiger partial charge in [0.1, 0.15) is 0 Å². The maximum absolute atomic E-state index is 11.5. The predicted molar refractivity (Wildman–Crippen MR) is 70.4 cm³/mol. The highest BCUT2D eigenvalue weighted by Gasteiger charge is 2.26. The number of nitrogens with zero attached hydrogens (tertiary/aromatic N) is 1. The van der Waals surface area contributed by atoms with Gasteiger partial charge in [-0.2, -0.15) is 0 Å². The Labute approximate surface area is 103 Å². The molecule has 100 valence electrons. The summed E-state index contributed by atoms with van der Waals surface area (Å²) in [7, 11) is 1.62. The molecule has 0 aliphatic rings. The number of carbonyl (C=O) groups excluding carboxylic acids is 1. The molecule has 6 heteroatoms. The molecule has 1 amide bonds. The maximum atomic E-state index is 11.5. The fourth-order valence-corrected chi connectivity index (χ4v) is 1.22. The van der Waals surface area contributed by atoms with Gasteiger partial charge in [-0.15, -0.1) is 0 Å². The molecule has 0 bridgehead atoms. The van der Waals surface area contributed by atoms with Crippen LogP contribution in [0.3, 0.4) is 0 Å². The number of hydrogen-bond acceptors (Lipinski definition) is 3. The van der Waals surface area contributed by atoms with Crippen LogP contribution >= 0.6 is 0 Å². The fourth-order valence-electron chi connectivity index (χ4n) is 1.22. The van der Waals surface area contributed by atoms with Crippen LogP contribution in [0.1, 0.15) is 33.6 Å². The van der Waals surface area contributed by atoms with Crippen LogP contribution in [-0.2, 0) is 4.79 Å². The Kier molecular flexibility index (Phi) is 7.29. The van der Waals surface area contributed by atoms with Crippen molar-refractivity contribution in [2.75, 3.05) is 20.1 Å². The number of hydrogen-bond donors (Lipinski definition) is 4. The summed E-state index contributed by atoms with van der Waals surface area (Å²) in [5, 5.41) is 5.70. The van der Waals surface area contributed by atoms with E-state index < -0.39 is 5.41 Å². The first kappa shape index (κ1) is 15.7. The van der Waals surface area contributed by atoms with Crippen LogP contribution in [0.5, 0.6) is 0 Å². The summed E-state index contributed by atoms with van der Waals surface area (Å²) in [5.74, 6) is 5.84. The summed E-state index contributed by atoms with van der Waals surface area (Å²) in [5.41, 5.74) is 1.96. The van der Waals surface area contributed by atoms with E-state index in [4.69, 9.17) is 5.84 Å². The first-order valence-electron chi connectivity index (χ1n) is 5.95. The lowest BCUT2D eigenvalue weighted by Crippen LogP contribution is -2.43. The highest BCUT2D eigenvalue weighted by atomic mass is 16.2. The topological polar surface area (TPSA) is 91.5 Å². The van der Waals surface area contributed by atoms with E-state index in [2.05, 4.69) is 28.0 Å². The van der Waals surface area contributed by atoms with Crippen molar-refractivity contribution < 1.29 is 4.79 Å². The molecule has 0 aliphatic heterocycles. The van der Waals surface area contributed by atoms with Crippen molar-refractivity contribution in [3.05, 3.63) is 0 Å². The van der Waals surface area contributed by atoms with E-state index >= 15 is 0 Å². The van der Waals surface area contributed by atoms with Crippen LogP contribution in [-0.4, -0.2) is 32.0 Å². The molecule has 0 saturated heterocycles. The second-order valence-electron chi connectivity index (χ2n) is 4.55. The molecule has 0 radical (unpaired) electrons. The number of rotatable bonds is 6. The van der Waals surface area contributed by atoms with Gasteiger partial charge in [-0.1, -0.05) is 13.3 Å². The summed E-state index contributed by atoms with van der Waals surface area (Å²) in [4.78, 5) is 15.8. The number of unbranched alkanes of at least 4 members (excludes halogenated alkanes) is 1. The average Bonchev–Trinajstić information content (AvgIpc) is 2.32. The molecule has 0 aromatic rings. The van der Waals surface area contributed by atoms with E-state index in [1.54, 1.807) is 7.05 Å². The third kappa shape index (κ3) is 6.11. The molecular weight excluding hydrogens is 218 g/mol. The van der Waals surface area contributed by atoms with Crippen molar-refractivity contribution in [2.24, 2.45) is 16.3 Å². The van der Waals surface area contributed by atoms with E-state index in [1.165, 1.54) is 0 Å². The zero-order chi connectivity index (χ0) is 13.3. The van der Waals surface area contributed by atoms with E-state index in [-0.39, 0.29) is 5.91 Å². The Morgan fingerprint density at radius 2 is 2.06 bits per heavy atom. The van der Waals surface area contributed by atoms with Crippen molar-refractivity contribution in [1.29, 1.82) is 0 Å². The number of nitrogens with two attached hydrogens (primary N) is 1. The number of hydrazine groups is 1. The van der Waals surface area contributed by atoms with Crippen molar-refractivity contribution >= 4 is 11.9 Å². The van der Waals surface area contributed by atoms with Crippen LogP contribution < -0.4 is 21.9 Å². The molecule has 6 nitrogen and oxygen atoms in total. The zero-order valence-corrected chi connectivity index (χ0v) is 11.3. The van der Waals surface area contributed by atoms with Crippen LogP contribution in [0.2, 0.25) is 0 Å². The Bertz CT molecular complexity index is 263. The molecule has 0 saturated carbocycles. The minimum absolute atomic E-state index is 0.0359. The van der Waals surface area contributed by atoms with Crippen molar-refractivity contribution in [1.82, 2.24) is 16.1 Å². The van der Waals surface area contributed by atoms with Gasteiger partial charge in [-0.3, -0.25) is 15.2 Å². The van der Waals surface area contributed by atoms with Crippen LogP contribution in [0.15, 0.2) is 4.99 Å². The number of carbonyl (C=O) groups is 1. The van der Waals surface area contributed by atoms with Gasteiger partial charge in [0.25, 0.3) is 0 Å². The van der Waals surface area contributed by atoms with Crippen molar-refractivity contribution in [3.63, 3.8) is 0 Å². The molecule has 5 N–H and O–H groups in total. The van der Waals surface area contributed by atoms with Gasteiger partial charge in [-0.05, 0) is 20.3 Å². The van der Waals surface area contributed by atoms with Crippen LogP contribution in [0.25, 0.3) is 0 Å². The van der Waals surface area contributed by atoms with Crippen LogP contribution in [0, 0.1) is 5.41 Å². The lowest BCUT2D eigenvalue weighted by atomic mass is 9.93. The van der Waals surface area contributed by atoms with Gasteiger partial charge in [0.15, 0.2) is 0 Å². The van der Waals surface area contributed by atoms with Gasteiger partial charge in [0.05, 0.1) is 12.0 Å². The number of guanidine groups is 1. The lowest BCUT2D eigenvalue weighted by Gasteiger charge is -2.20. The standard InChI is InChI=1S/C11H25N5O/c1-5-6-7-14-10(16-12)15-8-11(2,3)9(17)13-4/h5-8,12H2,1-4H3,(H,13,17)(H2,14,15,16). The summed E-state index contributed by atoms with van der Waals surface area (Å²) in [6, 6.07) is 0. The zero-order valence-electron chi connectivity index (χ0n) is 11.3. The molecular formula is C11H25N5O. The maximum Gasteiger partial charge on any atom is 0.227 e. The lowest BCUT2D eigenvalue weighted by molar-refractivity contribution is -0.128. The fraction of sp³-hybridized carbons (Fsp3) is 0.818. The Balaban J connectivity index is 4.29. The number of nitrogens with one attached hydrogen (secondary N) is 3. The summed E-state index contributed by atoms with van der Waals surface area (Å²) in [6.07, 6.45) is 2.16. The highest BCUT2D eigenvalue weighted by molar-refractivity contribution is 5.83. The molecule has 0 aliphatic carbocycles. The molecule has 17 heavy (non-hydrogen) atoms. The summed E-state index contributed by atoms with van der Waals surface area (Å²) >= 11 is 0.